The van der Waals surface area contributed by atoms with Gasteiger partial charge in [0.2, 0.25) is 0 Å². The average Bonchev–Trinajstić information content (AvgIpc) is 2.92. The molecule has 38 heavy (non-hydrogen) atoms. The summed E-state index contributed by atoms with van der Waals surface area (Å²) in [6.45, 7) is 4.42. The van der Waals surface area contributed by atoms with Crippen LogP contribution in [0.25, 0.3) is 6.08 Å². The standard InChI is InChI=1S/C32H43NO5/c34-31(35)14-6-3-11-26(25-27-16-19-29(20-17-27)32(36)37)15-18-28-12-4-5-13-30(28)38-24-10-2-9-23-33-21-7-1-8-22-33/h4-5,12-13,15-20,26H,1-3,6-11,14,21-25H2,(H,34,35)(H,36,37)/b18-15+. The summed E-state index contributed by atoms with van der Waals surface area (Å²) >= 11 is 0. The molecule has 2 N–H and O–H groups in total. The zero-order valence-corrected chi connectivity index (χ0v) is 22.5. The summed E-state index contributed by atoms with van der Waals surface area (Å²) < 4.78 is 6.15. The molecule has 2 aromatic rings. The molecular formula is C32H43NO5. The number of rotatable bonds is 17. The SMILES string of the molecule is O=C(O)CCCCC(/C=C/c1ccccc1OCCCCCN1CCCCC1)Cc1ccc(C(=O)O)cc1. The van der Waals surface area contributed by atoms with E-state index in [2.05, 4.69) is 23.1 Å². The van der Waals surface area contributed by atoms with Crippen LogP contribution in [0.5, 0.6) is 5.75 Å². The van der Waals surface area contributed by atoms with E-state index in [4.69, 9.17) is 14.9 Å². The summed E-state index contributed by atoms with van der Waals surface area (Å²) in [6.07, 6.45) is 15.1. The van der Waals surface area contributed by atoms with E-state index in [-0.39, 0.29) is 17.9 Å². The molecule has 0 bridgehead atoms. The first-order valence-corrected chi connectivity index (χ1v) is 14.2. The minimum absolute atomic E-state index is 0.179. The second-order valence-electron chi connectivity index (χ2n) is 10.3. The highest BCUT2D eigenvalue weighted by molar-refractivity contribution is 5.87. The number of hydrogen-bond acceptors (Lipinski definition) is 4. The third-order valence-corrected chi connectivity index (χ3v) is 7.21. The fourth-order valence-corrected chi connectivity index (χ4v) is 5.00. The zero-order valence-electron chi connectivity index (χ0n) is 22.5. The van der Waals surface area contributed by atoms with Crippen LogP contribution in [0.15, 0.2) is 54.6 Å². The monoisotopic (exact) mass is 521 g/mol. The predicted octanol–water partition coefficient (Wildman–Crippen LogP) is 6.94. The third kappa shape index (κ3) is 11.1. The van der Waals surface area contributed by atoms with Gasteiger partial charge in [0.1, 0.15) is 5.75 Å². The van der Waals surface area contributed by atoms with Gasteiger partial charge in [0, 0.05) is 12.0 Å². The molecule has 2 aromatic carbocycles. The van der Waals surface area contributed by atoms with Gasteiger partial charge in [-0.3, -0.25) is 4.79 Å². The predicted molar refractivity (Wildman–Crippen MR) is 152 cm³/mol. The van der Waals surface area contributed by atoms with Crippen molar-refractivity contribution < 1.29 is 24.5 Å². The molecule has 6 heteroatoms. The first-order chi connectivity index (χ1) is 18.5. The van der Waals surface area contributed by atoms with Crippen molar-refractivity contribution in [2.45, 2.75) is 70.6 Å². The average molecular weight is 522 g/mol. The van der Waals surface area contributed by atoms with Crippen LogP contribution >= 0.6 is 0 Å². The lowest BCUT2D eigenvalue weighted by atomic mass is 9.92. The van der Waals surface area contributed by atoms with Crippen LogP contribution in [0.3, 0.4) is 0 Å². The highest BCUT2D eigenvalue weighted by atomic mass is 16.5. The van der Waals surface area contributed by atoms with Crippen molar-refractivity contribution in [3.63, 3.8) is 0 Å². The van der Waals surface area contributed by atoms with Gasteiger partial charge in [-0.25, -0.2) is 4.79 Å². The Bertz CT molecular complexity index is 1010. The number of piperidine rings is 1. The molecule has 0 aliphatic carbocycles. The van der Waals surface area contributed by atoms with Crippen LogP contribution in [0.1, 0.15) is 85.7 Å². The minimum Gasteiger partial charge on any atom is -0.493 e. The summed E-state index contributed by atoms with van der Waals surface area (Å²) in [5, 5.41) is 18.1. The van der Waals surface area contributed by atoms with Crippen molar-refractivity contribution in [2.24, 2.45) is 5.92 Å². The van der Waals surface area contributed by atoms with Crippen LogP contribution in [-0.2, 0) is 11.2 Å². The van der Waals surface area contributed by atoms with Crippen molar-refractivity contribution in [2.75, 3.05) is 26.2 Å². The maximum atomic E-state index is 11.2. The molecule has 1 atom stereocenters. The Kier molecular flexibility index (Phi) is 12.9. The van der Waals surface area contributed by atoms with E-state index in [1.54, 1.807) is 12.1 Å². The van der Waals surface area contributed by atoms with Crippen LogP contribution in [0.2, 0.25) is 0 Å². The van der Waals surface area contributed by atoms with E-state index < -0.39 is 11.9 Å². The number of benzene rings is 2. The Hall–Kier alpha value is -3.12. The van der Waals surface area contributed by atoms with Crippen LogP contribution in [0, 0.1) is 5.92 Å². The van der Waals surface area contributed by atoms with Gasteiger partial charge in [-0.15, -0.1) is 0 Å². The fourth-order valence-electron chi connectivity index (χ4n) is 5.00. The van der Waals surface area contributed by atoms with E-state index in [9.17, 15) is 9.59 Å². The molecule has 6 nitrogen and oxygen atoms in total. The number of aromatic carboxylic acids is 1. The number of unbranched alkanes of at least 4 members (excludes halogenated alkanes) is 3. The van der Waals surface area contributed by atoms with Crippen molar-refractivity contribution >= 4 is 18.0 Å². The lowest BCUT2D eigenvalue weighted by Gasteiger charge is -2.26. The number of carboxylic acids is 2. The van der Waals surface area contributed by atoms with Crippen molar-refractivity contribution in [3.8, 4) is 5.75 Å². The summed E-state index contributed by atoms with van der Waals surface area (Å²) in [5.74, 6) is -0.600. The van der Waals surface area contributed by atoms with Gasteiger partial charge in [-0.2, -0.15) is 0 Å². The van der Waals surface area contributed by atoms with Crippen molar-refractivity contribution in [1.82, 2.24) is 4.90 Å². The van der Waals surface area contributed by atoms with Gasteiger partial charge in [-0.1, -0.05) is 55.3 Å². The van der Waals surface area contributed by atoms with E-state index in [1.807, 2.05) is 30.3 Å². The number of aliphatic carboxylic acids is 1. The summed E-state index contributed by atoms with van der Waals surface area (Å²) in [5.41, 5.74) is 2.38. The van der Waals surface area contributed by atoms with Crippen molar-refractivity contribution in [1.29, 1.82) is 0 Å². The maximum absolute atomic E-state index is 11.2. The lowest BCUT2D eigenvalue weighted by molar-refractivity contribution is -0.137. The Balaban J connectivity index is 1.53. The molecule has 1 fully saturated rings. The molecule has 206 valence electrons. The third-order valence-electron chi connectivity index (χ3n) is 7.21. The molecule has 1 aliphatic heterocycles. The number of likely N-dealkylation sites (tertiary alicyclic amines) is 1. The molecule has 1 aliphatic rings. The first kappa shape index (κ1) is 29.4. The summed E-state index contributed by atoms with van der Waals surface area (Å²) in [7, 11) is 0. The van der Waals surface area contributed by atoms with Gasteiger partial charge >= 0.3 is 11.9 Å². The Morgan fingerprint density at radius 1 is 0.895 bits per heavy atom. The highest BCUT2D eigenvalue weighted by Gasteiger charge is 2.11. The Labute approximate surface area is 227 Å². The number of carbonyl (C=O) groups is 2. The molecule has 3 rings (SSSR count). The van der Waals surface area contributed by atoms with E-state index >= 15 is 0 Å². The quantitative estimate of drug-likeness (QED) is 0.219. The van der Waals surface area contributed by atoms with Crippen LogP contribution in [-0.4, -0.2) is 53.3 Å². The number of nitrogens with zero attached hydrogens (tertiary/aromatic N) is 1. The second kappa shape index (κ2) is 16.7. The molecule has 0 spiro atoms. The first-order valence-electron chi connectivity index (χ1n) is 14.2. The zero-order chi connectivity index (χ0) is 27.0. The van der Waals surface area contributed by atoms with Gasteiger partial charge in [-0.05, 0) is 101 Å². The van der Waals surface area contributed by atoms with Gasteiger partial charge in [0.05, 0.1) is 12.2 Å². The number of allylic oxidation sites excluding steroid dienone is 1. The van der Waals surface area contributed by atoms with Gasteiger partial charge < -0.3 is 19.8 Å². The molecular weight excluding hydrogens is 478 g/mol. The molecule has 0 radical (unpaired) electrons. The fraction of sp³-hybridized carbons (Fsp3) is 0.500. The smallest absolute Gasteiger partial charge is 0.335 e. The highest BCUT2D eigenvalue weighted by Crippen LogP contribution is 2.24. The molecule has 0 aromatic heterocycles. The summed E-state index contributed by atoms with van der Waals surface area (Å²) in [4.78, 5) is 24.7. The second-order valence-corrected chi connectivity index (χ2v) is 10.3. The van der Waals surface area contributed by atoms with E-state index in [0.717, 1.165) is 42.6 Å². The molecule has 1 heterocycles. The van der Waals surface area contributed by atoms with Crippen LogP contribution < -0.4 is 4.74 Å². The largest absolute Gasteiger partial charge is 0.493 e. The van der Waals surface area contributed by atoms with Crippen LogP contribution in [0.4, 0.5) is 0 Å². The molecule has 0 saturated carbocycles. The summed E-state index contributed by atoms with van der Waals surface area (Å²) in [6, 6.07) is 15.1. The minimum atomic E-state index is -0.930. The number of carboxylic acid groups (broad SMARTS) is 2. The van der Waals surface area contributed by atoms with E-state index in [1.165, 1.54) is 51.7 Å². The molecule has 1 saturated heterocycles. The normalized spacial score (nSPS) is 14.9. The number of hydrogen-bond donors (Lipinski definition) is 2. The molecule has 0 amide bonds. The van der Waals surface area contributed by atoms with Gasteiger partial charge in [0.25, 0.3) is 0 Å². The lowest BCUT2D eigenvalue weighted by Crippen LogP contribution is -2.30. The van der Waals surface area contributed by atoms with E-state index in [0.29, 0.717) is 13.0 Å². The maximum Gasteiger partial charge on any atom is 0.335 e. The van der Waals surface area contributed by atoms with Gasteiger partial charge in [0.15, 0.2) is 0 Å². The number of ether oxygens (including phenoxy) is 1. The Morgan fingerprint density at radius 2 is 1.66 bits per heavy atom. The molecule has 1 unspecified atom stereocenters. The van der Waals surface area contributed by atoms with Crippen molar-refractivity contribution in [3.05, 3.63) is 71.3 Å². The topological polar surface area (TPSA) is 87.1 Å². The number of para-hydroxylation sites is 1. The Morgan fingerprint density at radius 3 is 2.39 bits per heavy atom.